The molecule has 2 aromatic heterocycles. The number of hydrogen-bond donors (Lipinski definition) is 1. The van der Waals surface area contributed by atoms with Gasteiger partial charge in [0.1, 0.15) is 16.2 Å². The van der Waals surface area contributed by atoms with Crippen molar-refractivity contribution in [1.82, 2.24) is 4.98 Å². The zero-order chi connectivity index (χ0) is 19.3. The molecule has 5 rings (SSSR count). The van der Waals surface area contributed by atoms with Gasteiger partial charge in [-0.1, -0.05) is 25.1 Å². The molecule has 0 saturated carbocycles. The summed E-state index contributed by atoms with van der Waals surface area (Å²) in [5.41, 5.74) is 3.02. The van der Waals surface area contributed by atoms with Gasteiger partial charge < -0.3 is 4.42 Å². The first kappa shape index (κ1) is 17.3. The lowest BCUT2D eigenvalue weighted by atomic mass is 9.88. The first-order chi connectivity index (χ1) is 13.5. The summed E-state index contributed by atoms with van der Waals surface area (Å²) in [5.74, 6) is 1.64. The zero-order valence-electron chi connectivity index (χ0n) is 15.5. The Balaban J connectivity index is 1.56. The highest BCUT2D eigenvalue weighted by molar-refractivity contribution is 7.93. The van der Waals surface area contributed by atoms with Crippen LogP contribution in [0.25, 0.3) is 21.9 Å². The first-order valence-electron chi connectivity index (χ1n) is 9.42. The van der Waals surface area contributed by atoms with E-state index in [0.29, 0.717) is 17.1 Å². The molecule has 0 aliphatic heterocycles. The molecule has 142 valence electrons. The van der Waals surface area contributed by atoms with Gasteiger partial charge in [-0.3, -0.25) is 9.71 Å². The summed E-state index contributed by atoms with van der Waals surface area (Å²) in [4.78, 5) is 4.44. The number of furan rings is 1. The molecule has 0 spiro atoms. The van der Waals surface area contributed by atoms with Gasteiger partial charge >= 0.3 is 0 Å². The van der Waals surface area contributed by atoms with Crippen LogP contribution in [0.1, 0.15) is 24.7 Å². The number of benzene rings is 2. The Kier molecular flexibility index (Phi) is 3.91. The molecule has 28 heavy (non-hydrogen) atoms. The summed E-state index contributed by atoms with van der Waals surface area (Å²) in [5, 5.41) is 1.79. The van der Waals surface area contributed by atoms with Crippen molar-refractivity contribution in [2.75, 3.05) is 4.72 Å². The van der Waals surface area contributed by atoms with Gasteiger partial charge in [-0.2, -0.15) is 0 Å². The summed E-state index contributed by atoms with van der Waals surface area (Å²) >= 11 is 0. The van der Waals surface area contributed by atoms with Crippen LogP contribution in [-0.4, -0.2) is 13.4 Å². The number of rotatable bonds is 3. The molecule has 2 heterocycles. The van der Waals surface area contributed by atoms with Crippen molar-refractivity contribution in [3.05, 3.63) is 66.1 Å². The summed E-state index contributed by atoms with van der Waals surface area (Å²) in [6.45, 7) is 2.24. The fraction of sp³-hybridized carbons (Fsp3) is 0.227. The maximum absolute atomic E-state index is 13.1. The molecule has 1 aliphatic rings. The van der Waals surface area contributed by atoms with E-state index in [9.17, 15) is 8.42 Å². The maximum atomic E-state index is 13.1. The molecule has 0 unspecified atom stereocenters. The Morgan fingerprint density at radius 3 is 2.89 bits per heavy atom. The van der Waals surface area contributed by atoms with Crippen molar-refractivity contribution in [3.8, 4) is 0 Å². The van der Waals surface area contributed by atoms with Crippen LogP contribution in [-0.2, 0) is 22.9 Å². The maximum Gasteiger partial charge on any atom is 0.264 e. The van der Waals surface area contributed by atoms with E-state index in [4.69, 9.17) is 4.42 Å². The largest absolute Gasteiger partial charge is 0.461 e. The summed E-state index contributed by atoms with van der Waals surface area (Å²) in [6, 6.07) is 14.3. The number of fused-ring (bicyclic) bond motifs is 4. The molecular weight excluding hydrogens is 372 g/mol. The minimum absolute atomic E-state index is 0.175. The molecule has 1 atom stereocenters. The number of nitrogens with zero attached hydrogens (tertiary/aromatic N) is 1. The molecular formula is C22H20N2O3S. The minimum atomic E-state index is -3.77. The third kappa shape index (κ3) is 2.85. The number of aryl methyl sites for hydroxylation is 1. The lowest BCUT2D eigenvalue weighted by Gasteiger charge is -2.16. The van der Waals surface area contributed by atoms with E-state index < -0.39 is 10.0 Å². The van der Waals surface area contributed by atoms with Crippen molar-refractivity contribution < 1.29 is 12.8 Å². The standard InChI is InChI=1S/C22H20N2O3S/c1-14-7-9-19-17(12-14)18-13-16(8-10-20(18)27-19)24-28(25,26)21-6-2-4-15-5-3-11-23-22(15)21/h2-6,8,10-11,13-14,24H,7,9,12H2,1H3/t14-/m1/s1. The monoisotopic (exact) mass is 392 g/mol. The summed E-state index contributed by atoms with van der Waals surface area (Å²) < 4.78 is 34.8. The van der Waals surface area contributed by atoms with Gasteiger partial charge in [0.05, 0.1) is 5.52 Å². The van der Waals surface area contributed by atoms with Crippen LogP contribution in [0.3, 0.4) is 0 Å². The Labute approximate surface area is 163 Å². The van der Waals surface area contributed by atoms with E-state index >= 15 is 0 Å². The third-order valence-electron chi connectivity index (χ3n) is 5.43. The normalized spacial score (nSPS) is 17.0. The average Bonchev–Trinajstić information content (AvgIpc) is 3.04. The first-order valence-corrected chi connectivity index (χ1v) is 10.9. The number of nitrogens with one attached hydrogen (secondary N) is 1. The second-order valence-corrected chi connectivity index (χ2v) is 9.15. The minimum Gasteiger partial charge on any atom is -0.461 e. The van der Waals surface area contributed by atoms with Gasteiger partial charge in [0.15, 0.2) is 0 Å². The van der Waals surface area contributed by atoms with E-state index in [2.05, 4.69) is 16.6 Å². The highest BCUT2D eigenvalue weighted by Gasteiger charge is 2.23. The Morgan fingerprint density at radius 2 is 2.00 bits per heavy atom. The third-order valence-corrected chi connectivity index (χ3v) is 6.84. The zero-order valence-corrected chi connectivity index (χ0v) is 16.3. The smallest absolute Gasteiger partial charge is 0.264 e. The number of anilines is 1. The topological polar surface area (TPSA) is 72.2 Å². The molecule has 0 radical (unpaired) electrons. The van der Waals surface area contributed by atoms with Gasteiger partial charge in [-0.15, -0.1) is 0 Å². The van der Waals surface area contributed by atoms with Gasteiger partial charge in [0.25, 0.3) is 10.0 Å². The fourth-order valence-corrected chi connectivity index (χ4v) is 5.25. The summed E-state index contributed by atoms with van der Waals surface area (Å²) in [6.07, 6.45) is 4.63. The average molecular weight is 392 g/mol. The quantitative estimate of drug-likeness (QED) is 0.538. The molecule has 4 aromatic rings. The molecule has 0 fully saturated rings. The van der Waals surface area contributed by atoms with Crippen molar-refractivity contribution >= 4 is 37.6 Å². The molecule has 5 nitrogen and oxygen atoms in total. The predicted octanol–water partition coefficient (Wildman–Crippen LogP) is 4.91. The lowest BCUT2D eigenvalue weighted by molar-refractivity contribution is 0.438. The van der Waals surface area contributed by atoms with Gasteiger partial charge in [-0.25, -0.2) is 8.42 Å². The molecule has 2 aromatic carbocycles. The number of pyridine rings is 1. The SMILES string of the molecule is C[C@@H]1CCc2oc3ccc(NS(=O)(=O)c4cccc5cccnc45)cc3c2C1. The van der Waals surface area contributed by atoms with Gasteiger partial charge in [0.2, 0.25) is 0 Å². The van der Waals surface area contributed by atoms with Crippen LogP contribution in [0.5, 0.6) is 0 Å². The molecule has 0 bridgehead atoms. The van der Waals surface area contributed by atoms with Crippen molar-refractivity contribution in [3.63, 3.8) is 0 Å². The van der Waals surface area contributed by atoms with E-state index in [1.807, 2.05) is 24.3 Å². The van der Waals surface area contributed by atoms with Crippen LogP contribution in [0.4, 0.5) is 5.69 Å². The Morgan fingerprint density at radius 1 is 1.14 bits per heavy atom. The van der Waals surface area contributed by atoms with Crippen molar-refractivity contribution in [2.24, 2.45) is 5.92 Å². The molecule has 0 amide bonds. The van der Waals surface area contributed by atoms with E-state index in [1.54, 1.807) is 30.5 Å². The Bertz CT molecular complexity index is 1300. The fourth-order valence-electron chi connectivity index (χ4n) is 4.02. The van der Waals surface area contributed by atoms with Gasteiger partial charge in [-0.05, 0) is 49.1 Å². The molecule has 6 heteroatoms. The van der Waals surface area contributed by atoms with Crippen LogP contribution in [0.15, 0.2) is 64.0 Å². The van der Waals surface area contributed by atoms with E-state index in [-0.39, 0.29) is 4.90 Å². The highest BCUT2D eigenvalue weighted by Crippen LogP contribution is 2.35. The highest BCUT2D eigenvalue weighted by atomic mass is 32.2. The van der Waals surface area contributed by atoms with Crippen molar-refractivity contribution in [1.29, 1.82) is 0 Å². The molecule has 1 aliphatic carbocycles. The van der Waals surface area contributed by atoms with E-state index in [0.717, 1.165) is 41.4 Å². The Hall–Kier alpha value is -2.86. The van der Waals surface area contributed by atoms with Crippen molar-refractivity contribution in [2.45, 2.75) is 31.1 Å². The lowest BCUT2D eigenvalue weighted by Crippen LogP contribution is -2.13. The van der Waals surface area contributed by atoms with Crippen LogP contribution in [0.2, 0.25) is 0 Å². The van der Waals surface area contributed by atoms with Crippen LogP contribution < -0.4 is 4.72 Å². The van der Waals surface area contributed by atoms with E-state index in [1.165, 1.54) is 5.56 Å². The number of sulfonamides is 1. The van der Waals surface area contributed by atoms with Crippen LogP contribution in [0, 0.1) is 5.92 Å². The summed E-state index contributed by atoms with van der Waals surface area (Å²) in [7, 11) is -3.77. The van der Waals surface area contributed by atoms with Gasteiger partial charge in [0, 0.05) is 34.6 Å². The second-order valence-electron chi connectivity index (χ2n) is 7.50. The predicted molar refractivity (Wildman–Crippen MR) is 110 cm³/mol. The number of hydrogen-bond acceptors (Lipinski definition) is 4. The second kappa shape index (κ2) is 6.34. The van der Waals surface area contributed by atoms with Crippen LogP contribution >= 0.6 is 0 Å². The molecule has 1 N–H and O–H groups in total. The molecule has 0 saturated heterocycles. The number of aromatic nitrogens is 1. The number of para-hydroxylation sites is 1.